The molecule has 0 fully saturated rings. The lowest BCUT2D eigenvalue weighted by atomic mass is 10.1. The molecule has 0 aliphatic carbocycles. The minimum Gasteiger partial charge on any atom is -0.397 e. The van der Waals surface area contributed by atoms with Gasteiger partial charge >= 0.3 is 0 Å². The Morgan fingerprint density at radius 3 is 2.52 bits per heavy atom. The third kappa shape index (κ3) is 5.28. The van der Waals surface area contributed by atoms with Crippen LogP contribution in [0.15, 0.2) is 41.2 Å². The van der Waals surface area contributed by atoms with Gasteiger partial charge in [-0.25, -0.2) is 0 Å². The van der Waals surface area contributed by atoms with Crippen LogP contribution in [-0.4, -0.2) is 37.1 Å². The number of hydrogen-bond donors (Lipinski definition) is 3. The fourth-order valence-electron chi connectivity index (χ4n) is 3.15. The number of fused-ring (bicyclic) bond motifs is 2. The highest BCUT2D eigenvalue weighted by Crippen LogP contribution is 2.26. The Balaban J connectivity index is 0.00000182. The topological polar surface area (TPSA) is 74.2 Å². The van der Waals surface area contributed by atoms with Crippen molar-refractivity contribution in [2.75, 3.05) is 38.2 Å². The molecular weight excluding hydrogens is 383 g/mol. The Morgan fingerprint density at radius 1 is 1.04 bits per heavy atom. The van der Waals surface area contributed by atoms with Crippen LogP contribution in [0, 0.1) is 0 Å². The van der Waals surface area contributed by atoms with E-state index in [1.807, 2.05) is 36.4 Å². The van der Waals surface area contributed by atoms with Crippen molar-refractivity contribution >= 4 is 58.0 Å². The maximum absolute atomic E-state index is 13.0. The van der Waals surface area contributed by atoms with E-state index in [1.165, 1.54) is 6.42 Å². The van der Waals surface area contributed by atoms with Crippen molar-refractivity contribution in [2.24, 2.45) is 0 Å². The summed E-state index contributed by atoms with van der Waals surface area (Å²) in [7, 11) is 4.19. The summed E-state index contributed by atoms with van der Waals surface area (Å²) < 4.78 is 0. The summed E-state index contributed by atoms with van der Waals surface area (Å²) in [4.78, 5) is 18.5. The quantitative estimate of drug-likeness (QED) is 0.309. The first-order chi connectivity index (χ1) is 12.1. The van der Waals surface area contributed by atoms with Gasteiger partial charge in [0.2, 0.25) is 0 Å². The molecule has 0 spiro atoms. The zero-order chi connectivity index (χ0) is 17.8. The van der Waals surface area contributed by atoms with Gasteiger partial charge in [-0.15, -0.1) is 24.8 Å². The molecule has 0 amide bonds. The van der Waals surface area contributed by atoms with Crippen molar-refractivity contribution < 1.29 is 0 Å². The average Bonchev–Trinajstić information content (AvgIpc) is 2.60. The number of nitrogens with zero attached hydrogens (tertiary/aromatic N) is 1. The fraction of sp³-hybridized carbons (Fsp3) is 0.350. The zero-order valence-corrected chi connectivity index (χ0v) is 17.4. The number of para-hydroxylation sites is 1. The molecule has 0 aliphatic heterocycles. The third-order valence-electron chi connectivity index (χ3n) is 4.49. The number of nitrogen functional groups attached to an aromatic ring is 1. The number of aromatic amines is 1. The SMILES string of the molecule is CN(C)CCCCCNc1ccc(N)c2[nH]c3ccccc3c(=O)c12.Cl.Cl. The van der Waals surface area contributed by atoms with Crippen molar-refractivity contribution in [3.63, 3.8) is 0 Å². The average molecular weight is 411 g/mol. The standard InChI is InChI=1S/C20H26N4O.2ClH/c1-24(2)13-7-3-6-12-22-17-11-10-15(21)19-18(17)20(25)14-8-4-5-9-16(14)23-19;;/h4-5,8-11,22H,3,6-7,12-13,21H2,1-2H3,(H,23,25);2*1H. The highest BCUT2D eigenvalue weighted by molar-refractivity contribution is 6.04. The molecule has 0 unspecified atom stereocenters. The Labute approximate surface area is 172 Å². The van der Waals surface area contributed by atoms with Crippen LogP contribution < -0.4 is 16.5 Å². The highest BCUT2D eigenvalue weighted by atomic mass is 35.5. The van der Waals surface area contributed by atoms with Crippen LogP contribution in [0.4, 0.5) is 11.4 Å². The number of pyridine rings is 1. The molecule has 148 valence electrons. The monoisotopic (exact) mass is 410 g/mol. The van der Waals surface area contributed by atoms with E-state index in [9.17, 15) is 4.79 Å². The van der Waals surface area contributed by atoms with Crippen LogP contribution >= 0.6 is 24.8 Å². The smallest absolute Gasteiger partial charge is 0.199 e. The molecule has 1 aromatic heterocycles. The molecule has 0 saturated carbocycles. The second-order valence-electron chi connectivity index (χ2n) is 6.74. The Hall–Kier alpha value is -1.95. The molecule has 5 nitrogen and oxygen atoms in total. The van der Waals surface area contributed by atoms with E-state index in [2.05, 4.69) is 29.3 Å². The molecule has 0 radical (unpaired) electrons. The summed E-state index contributed by atoms with van der Waals surface area (Å²) in [5.74, 6) is 0. The molecule has 2 aromatic carbocycles. The van der Waals surface area contributed by atoms with E-state index in [4.69, 9.17) is 5.73 Å². The summed E-state index contributed by atoms with van der Waals surface area (Å²) in [5, 5.41) is 4.75. The molecule has 3 rings (SSSR count). The number of unbranched alkanes of at least 4 members (excludes halogenated alkanes) is 2. The lowest BCUT2D eigenvalue weighted by molar-refractivity contribution is 0.393. The Kier molecular flexibility index (Phi) is 8.89. The number of anilines is 2. The van der Waals surface area contributed by atoms with E-state index in [1.54, 1.807) is 0 Å². The zero-order valence-electron chi connectivity index (χ0n) is 15.7. The number of rotatable bonds is 7. The van der Waals surface area contributed by atoms with E-state index < -0.39 is 0 Å². The van der Waals surface area contributed by atoms with E-state index in [-0.39, 0.29) is 30.2 Å². The molecule has 1 heterocycles. The van der Waals surface area contributed by atoms with Crippen LogP contribution in [0.5, 0.6) is 0 Å². The summed E-state index contributed by atoms with van der Waals surface area (Å²) in [5.41, 5.74) is 9.09. The highest BCUT2D eigenvalue weighted by Gasteiger charge is 2.11. The molecular formula is C20H28Cl2N4O. The molecule has 0 bridgehead atoms. The number of H-pyrrole nitrogens is 1. The maximum atomic E-state index is 13.0. The molecule has 3 aromatic rings. The van der Waals surface area contributed by atoms with Crippen LogP contribution in [0.3, 0.4) is 0 Å². The van der Waals surface area contributed by atoms with Crippen molar-refractivity contribution in [1.29, 1.82) is 0 Å². The van der Waals surface area contributed by atoms with Gasteiger partial charge in [0.1, 0.15) is 0 Å². The number of nitrogens with two attached hydrogens (primary N) is 1. The maximum Gasteiger partial charge on any atom is 0.199 e. The molecule has 0 saturated heterocycles. The normalized spacial score (nSPS) is 10.6. The van der Waals surface area contributed by atoms with E-state index in [0.717, 1.165) is 37.1 Å². The van der Waals surface area contributed by atoms with Crippen LogP contribution in [0.1, 0.15) is 19.3 Å². The summed E-state index contributed by atoms with van der Waals surface area (Å²) >= 11 is 0. The molecule has 7 heteroatoms. The number of aromatic nitrogens is 1. The molecule has 27 heavy (non-hydrogen) atoms. The second-order valence-corrected chi connectivity index (χ2v) is 6.74. The minimum absolute atomic E-state index is 0. The van der Waals surface area contributed by atoms with E-state index >= 15 is 0 Å². The minimum atomic E-state index is 0. The van der Waals surface area contributed by atoms with Crippen molar-refractivity contribution in [1.82, 2.24) is 9.88 Å². The molecule has 4 N–H and O–H groups in total. The van der Waals surface area contributed by atoms with Crippen LogP contribution in [-0.2, 0) is 0 Å². The second kappa shape index (κ2) is 10.4. The summed E-state index contributed by atoms with van der Waals surface area (Å²) in [6, 6.07) is 11.3. The summed E-state index contributed by atoms with van der Waals surface area (Å²) in [6.07, 6.45) is 3.42. The molecule has 0 atom stereocenters. The van der Waals surface area contributed by atoms with Crippen molar-refractivity contribution in [3.05, 3.63) is 46.6 Å². The number of halogens is 2. The first-order valence-corrected chi connectivity index (χ1v) is 8.80. The summed E-state index contributed by atoms with van der Waals surface area (Å²) in [6.45, 7) is 1.95. The third-order valence-corrected chi connectivity index (χ3v) is 4.49. The van der Waals surface area contributed by atoms with Gasteiger partial charge in [-0.3, -0.25) is 4.79 Å². The number of benzene rings is 2. The van der Waals surface area contributed by atoms with Crippen molar-refractivity contribution in [3.8, 4) is 0 Å². The van der Waals surface area contributed by atoms with Crippen LogP contribution in [0.25, 0.3) is 21.8 Å². The lowest BCUT2D eigenvalue weighted by Gasteiger charge is -2.13. The van der Waals surface area contributed by atoms with Gasteiger partial charge < -0.3 is 20.9 Å². The van der Waals surface area contributed by atoms with Gasteiger partial charge in [0, 0.05) is 23.1 Å². The molecule has 0 aliphatic rings. The van der Waals surface area contributed by atoms with Gasteiger partial charge in [0.05, 0.1) is 16.6 Å². The predicted octanol–water partition coefficient (Wildman–Crippen LogP) is 4.25. The van der Waals surface area contributed by atoms with Crippen LogP contribution in [0.2, 0.25) is 0 Å². The Bertz CT molecular complexity index is 940. The van der Waals surface area contributed by atoms with Gasteiger partial charge in [-0.2, -0.15) is 0 Å². The predicted molar refractivity (Wildman–Crippen MR) is 122 cm³/mol. The number of hydrogen-bond acceptors (Lipinski definition) is 4. The first kappa shape index (κ1) is 23.1. The van der Waals surface area contributed by atoms with E-state index in [0.29, 0.717) is 22.0 Å². The lowest BCUT2D eigenvalue weighted by Crippen LogP contribution is -2.13. The first-order valence-electron chi connectivity index (χ1n) is 8.80. The number of nitrogens with one attached hydrogen (secondary N) is 2. The van der Waals surface area contributed by atoms with Gasteiger partial charge in [-0.05, 0) is 57.7 Å². The van der Waals surface area contributed by atoms with Gasteiger partial charge in [-0.1, -0.05) is 18.6 Å². The van der Waals surface area contributed by atoms with Crippen molar-refractivity contribution in [2.45, 2.75) is 19.3 Å². The van der Waals surface area contributed by atoms with Gasteiger partial charge in [0.15, 0.2) is 5.43 Å². The van der Waals surface area contributed by atoms with Gasteiger partial charge in [0.25, 0.3) is 0 Å². The Morgan fingerprint density at radius 2 is 1.78 bits per heavy atom. The fourth-order valence-corrected chi connectivity index (χ4v) is 3.15. The largest absolute Gasteiger partial charge is 0.397 e.